The molecule has 1 unspecified atom stereocenters. The average molecular weight is 245 g/mol. The van der Waals surface area contributed by atoms with Gasteiger partial charge in [-0.25, -0.2) is 0 Å². The second-order valence-corrected chi connectivity index (χ2v) is 5.72. The van der Waals surface area contributed by atoms with Crippen molar-refractivity contribution >= 4 is 5.78 Å². The predicted molar refractivity (Wildman–Crippen MR) is 74.7 cm³/mol. The number of fused-ring (bicyclic) bond motifs is 1. The zero-order valence-corrected chi connectivity index (χ0v) is 11.5. The Labute approximate surface area is 110 Å². The van der Waals surface area contributed by atoms with E-state index in [1.807, 2.05) is 6.92 Å². The molecule has 0 spiro atoms. The Balaban J connectivity index is 2.08. The normalized spacial score (nSPS) is 17.3. The molecule has 0 heterocycles. The van der Waals surface area contributed by atoms with Gasteiger partial charge in [0, 0.05) is 6.42 Å². The number of rotatable bonds is 5. The fourth-order valence-corrected chi connectivity index (χ4v) is 2.78. The molecule has 0 amide bonds. The first-order valence-corrected chi connectivity index (χ1v) is 6.96. The molecule has 0 fully saturated rings. The summed E-state index contributed by atoms with van der Waals surface area (Å²) in [6.45, 7) is 3.92. The minimum absolute atomic E-state index is 0.155. The number of Topliss-reactive ketones (excluding diaryl/α,β-unsaturated/α-hetero) is 1. The molecule has 1 aliphatic rings. The van der Waals surface area contributed by atoms with Gasteiger partial charge in [0.2, 0.25) is 0 Å². The highest BCUT2D eigenvalue weighted by atomic mass is 16.1. The number of carbonyl (C=O) groups excluding carboxylic acids is 1. The third-order valence-electron chi connectivity index (χ3n) is 3.93. The minimum Gasteiger partial charge on any atom is -0.319 e. The van der Waals surface area contributed by atoms with Crippen molar-refractivity contribution in [1.29, 1.82) is 0 Å². The molecule has 1 aromatic rings. The van der Waals surface area contributed by atoms with Crippen LogP contribution in [0.15, 0.2) is 18.2 Å². The third-order valence-corrected chi connectivity index (χ3v) is 3.93. The van der Waals surface area contributed by atoms with Gasteiger partial charge < -0.3 is 5.73 Å². The predicted octanol–water partition coefficient (Wildman–Crippen LogP) is 2.80. The molecule has 0 saturated heterocycles. The minimum atomic E-state index is -0.673. The van der Waals surface area contributed by atoms with Gasteiger partial charge in [-0.1, -0.05) is 31.5 Å². The van der Waals surface area contributed by atoms with Crippen LogP contribution in [-0.4, -0.2) is 11.3 Å². The van der Waals surface area contributed by atoms with Crippen LogP contribution in [0, 0.1) is 0 Å². The molecule has 0 aliphatic heterocycles. The van der Waals surface area contributed by atoms with E-state index in [-0.39, 0.29) is 5.78 Å². The lowest BCUT2D eigenvalue weighted by molar-refractivity contribution is -0.123. The molecule has 2 nitrogen and oxygen atoms in total. The van der Waals surface area contributed by atoms with Crippen LogP contribution < -0.4 is 5.73 Å². The van der Waals surface area contributed by atoms with Crippen molar-refractivity contribution in [3.8, 4) is 0 Å². The van der Waals surface area contributed by atoms with E-state index in [1.54, 1.807) is 0 Å². The van der Waals surface area contributed by atoms with E-state index in [0.29, 0.717) is 6.42 Å². The van der Waals surface area contributed by atoms with E-state index < -0.39 is 5.54 Å². The molecule has 0 radical (unpaired) electrons. The van der Waals surface area contributed by atoms with Crippen molar-refractivity contribution in [2.75, 3.05) is 0 Å². The zero-order chi connectivity index (χ0) is 13.2. The van der Waals surface area contributed by atoms with Gasteiger partial charge in [0.05, 0.1) is 5.54 Å². The molecule has 2 heteroatoms. The van der Waals surface area contributed by atoms with Crippen LogP contribution >= 0.6 is 0 Å². The maximum Gasteiger partial charge on any atom is 0.156 e. The van der Waals surface area contributed by atoms with Gasteiger partial charge in [-0.3, -0.25) is 4.79 Å². The SMILES string of the molecule is CCCC(C)(N)C(=O)Cc1ccc2c(c1)CCC2. The first kappa shape index (κ1) is 13.3. The summed E-state index contributed by atoms with van der Waals surface area (Å²) < 4.78 is 0. The van der Waals surface area contributed by atoms with Crippen molar-refractivity contribution in [2.24, 2.45) is 5.73 Å². The number of hydrogen-bond donors (Lipinski definition) is 1. The summed E-state index contributed by atoms with van der Waals surface area (Å²) in [7, 11) is 0. The van der Waals surface area contributed by atoms with Gasteiger partial charge in [0.15, 0.2) is 5.78 Å². The summed E-state index contributed by atoms with van der Waals surface area (Å²) in [5, 5.41) is 0. The molecule has 1 aromatic carbocycles. The fourth-order valence-electron chi connectivity index (χ4n) is 2.78. The molecule has 0 aromatic heterocycles. The molecule has 1 aliphatic carbocycles. The highest BCUT2D eigenvalue weighted by Crippen LogP contribution is 2.23. The number of carbonyl (C=O) groups is 1. The van der Waals surface area contributed by atoms with E-state index in [2.05, 4.69) is 25.1 Å². The number of benzene rings is 1. The van der Waals surface area contributed by atoms with Gasteiger partial charge in [-0.2, -0.15) is 0 Å². The lowest BCUT2D eigenvalue weighted by Crippen LogP contribution is -2.45. The molecular weight excluding hydrogens is 222 g/mol. The van der Waals surface area contributed by atoms with Crippen LogP contribution in [0.25, 0.3) is 0 Å². The Bertz CT molecular complexity index is 448. The van der Waals surface area contributed by atoms with E-state index in [4.69, 9.17) is 5.73 Å². The molecule has 98 valence electrons. The summed E-state index contributed by atoms with van der Waals surface area (Å²) in [6.07, 6.45) is 5.78. The van der Waals surface area contributed by atoms with E-state index in [0.717, 1.165) is 24.8 Å². The second kappa shape index (κ2) is 5.23. The smallest absolute Gasteiger partial charge is 0.156 e. The van der Waals surface area contributed by atoms with Crippen LogP contribution in [0.4, 0.5) is 0 Å². The van der Waals surface area contributed by atoms with Crippen LogP contribution in [-0.2, 0) is 24.1 Å². The molecule has 0 saturated carbocycles. The van der Waals surface area contributed by atoms with Gasteiger partial charge in [-0.15, -0.1) is 0 Å². The Kier molecular flexibility index (Phi) is 3.86. The molecular formula is C16H23NO. The lowest BCUT2D eigenvalue weighted by atomic mass is 9.88. The van der Waals surface area contributed by atoms with Crippen LogP contribution in [0.3, 0.4) is 0 Å². The van der Waals surface area contributed by atoms with Crippen LogP contribution in [0.5, 0.6) is 0 Å². The summed E-state index contributed by atoms with van der Waals surface area (Å²) in [4.78, 5) is 12.2. The molecule has 0 bridgehead atoms. The van der Waals surface area contributed by atoms with E-state index in [9.17, 15) is 4.79 Å². The second-order valence-electron chi connectivity index (χ2n) is 5.72. The van der Waals surface area contributed by atoms with E-state index >= 15 is 0 Å². The quantitative estimate of drug-likeness (QED) is 0.866. The first-order chi connectivity index (χ1) is 8.53. The molecule has 2 rings (SSSR count). The Morgan fingerprint density at radius 1 is 1.33 bits per heavy atom. The molecule has 18 heavy (non-hydrogen) atoms. The first-order valence-electron chi connectivity index (χ1n) is 6.96. The number of ketones is 1. The topological polar surface area (TPSA) is 43.1 Å². The highest BCUT2D eigenvalue weighted by Gasteiger charge is 2.27. The van der Waals surface area contributed by atoms with E-state index in [1.165, 1.54) is 24.0 Å². The summed E-state index contributed by atoms with van der Waals surface area (Å²) in [5.41, 5.74) is 9.41. The fraction of sp³-hybridized carbons (Fsp3) is 0.562. The molecule has 2 N–H and O–H groups in total. The van der Waals surface area contributed by atoms with Crippen molar-refractivity contribution in [3.05, 3.63) is 34.9 Å². The number of nitrogens with two attached hydrogens (primary N) is 1. The zero-order valence-electron chi connectivity index (χ0n) is 11.5. The molecule has 1 atom stereocenters. The standard InChI is InChI=1S/C16H23NO/c1-3-9-16(2,17)15(18)11-12-7-8-13-5-4-6-14(13)10-12/h7-8,10H,3-6,9,11,17H2,1-2H3. The summed E-state index contributed by atoms with van der Waals surface area (Å²) >= 11 is 0. The van der Waals surface area contributed by atoms with Crippen molar-refractivity contribution in [2.45, 2.75) is 57.9 Å². The van der Waals surface area contributed by atoms with Crippen molar-refractivity contribution < 1.29 is 4.79 Å². The Morgan fingerprint density at radius 3 is 2.78 bits per heavy atom. The number of hydrogen-bond acceptors (Lipinski definition) is 2. The summed E-state index contributed by atoms with van der Waals surface area (Å²) in [5.74, 6) is 0.155. The van der Waals surface area contributed by atoms with Gasteiger partial charge in [0.1, 0.15) is 0 Å². The lowest BCUT2D eigenvalue weighted by Gasteiger charge is -2.22. The van der Waals surface area contributed by atoms with Gasteiger partial charge in [0.25, 0.3) is 0 Å². The van der Waals surface area contributed by atoms with Crippen LogP contribution in [0.2, 0.25) is 0 Å². The Morgan fingerprint density at radius 2 is 2.06 bits per heavy atom. The van der Waals surface area contributed by atoms with Gasteiger partial charge >= 0.3 is 0 Å². The van der Waals surface area contributed by atoms with Crippen LogP contribution in [0.1, 0.15) is 49.8 Å². The maximum atomic E-state index is 12.2. The largest absolute Gasteiger partial charge is 0.319 e. The average Bonchev–Trinajstić information content (AvgIpc) is 2.76. The Hall–Kier alpha value is -1.15. The number of aryl methyl sites for hydroxylation is 2. The van der Waals surface area contributed by atoms with Crippen molar-refractivity contribution in [1.82, 2.24) is 0 Å². The maximum absolute atomic E-state index is 12.2. The summed E-state index contributed by atoms with van der Waals surface area (Å²) in [6, 6.07) is 6.46. The highest BCUT2D eigenvalue weighted by molar-refractivity contribution is 5.89. The monoisotopic (exact) mass is 245 g/mol. The van der Waals surface area contributed by atoms with Gasteiger partial charge in [-0.05, 0) is 49.3 Å². The third kappa shape index (κ3) is 2.81. The van der Waals surface area contributed by atoms with Crippen molar-refractivity contribution in [3.63, 3.8) is 0 Å².